The summed E-state index contributed by atoms with van der Waals surface area (Å²) in [5.74, 6) is 0.694. The van der Waals surface area contributed by atoms with Crippen LogP contribution in [0.3, 0.4) is 0 Å². The van der Waals surface area contributed by atoms with Crippen LogP contribution in [0, 0.1) is 11.3 Å². The zero-order chi connectivity index (χ0) is 8.56. The van der Waals surface area contributed by atoms with E-state index in [0.29, 0.717) is 12.3 Å². The lowest BCUT2D eigenvalue weighted by Gasteiger charge is -2.26. The van der Waals surface area contributed by atoms with Gasteiger partial charge < -0.3 is 9.84 Å². The summed E-state index contributed by atoms with van der Waals surface area (Å²) in [5.41, 5.74) is -0.333. The van der Waals surface area contributed by atoms with Crippen LogP contribution in [0.25, 0.3) is 0 Å². The van der Waals surface area contributed by atoms with Gasteiger partial charge in [0.25, 0.3) is 0 Å². The molecule has 3 heteroatoms. The minimum atomic E-state index is -0.586. The maximum atomic E-state index is 10.2. The molecule has 1 saturated heterocycles. The van der Waals surface area contributed by atoms with Crippen molar-refractivity contribution in [3.05, 3.63) is 0 Å². The Balaban J connectivity index is 1.95. The van der Waals surface area contributed by atoms with Crippen LogP contribution in [0.15, 0.2) is 0 Å². The maximum absolute atomic E-state index is 10.2. The molecule has 5 unspecified atom stereocenters. The maximum Gasteiger partial charge on any atom is 0.109 e. The summed E-state index contributed by atoms with van der Waals surface area (Å²) in [6, 6.07) is -0.238. The second kappa shape index (κ2) is 1.75. The average molecular weight is 164 g/mol. The molecule has 1 heterocycles. The normalized spacial score (nSPS) is 67.7. The zero-order valence-electron chi connectivity index (χ0n) is 7.29. The molecule has 0 bridgehead atoms. The molecule has 1 aliphatic heterocycles. The first kappa shape index (κ1) is 7.39. The monoisotopic (exact) mass is 164 g/mol. The summed E-state index contributed by atoms with van der Waals surface area (Å²) in [7, 11) is 5.67. The summed E-state index contributed by atoms with van der Waals surface area (Å²) in [6.45, 7) is 2.21. The van der Waals surface area contributed by atoms with E-state index in [1.165, 1.54) is 6.42 Å². The molecule has 0 aromatic carbocycles. The molecule has 3 aliphatic rings. The van der Waals surface area contributed by atoms with Gasteiger partial charge in [-0.25, -0.2) is 0 Å². The minimum absolute atomic E-state index is 0.0185. The molecule has 5 atom stereocenters. The van der Waals surface area contributed by atoms with Crippen molar-refractivity contribution in [1.29, 1.82) is 0 Å². The van der Waals surface area contributed by atoms with Gasteiger partial charge in [-0.3, -0.25) is 0 Å². The van der Waals surface area contributed by atoms with Crippen LogP contribution >= 0.6 is 0 Å². The number of ether oxygens (including phenoxy) is 1. The molecule has 0 spiro atoms. The highest BCUT2D eigenvalue weighted by molar-refractivity contribution is 6.11. The lowest BCUT2D eigenvalue weighted by atomic mass is 9.85. The van der Waals surface area contributed by atoms with Crippen molar-refractivity contribution in [3.8, 4) is 0 Å². The van der Waals surface area contributed by atoms with Crippen molar-refractivity contribution in [3.63, 3.8) is 0 Å². The second-order valence-electron chi connectivity index (χ2n) is 4.97. The van der Waals surface area contributed by atoms with Crippen LogP contribution < -0.4 is 0 Å². The number of fused-ring (bicyclic) bond motifs is 3. The quantitative estimate of drug-likeness (QED) is 0.526. The summed E-state index contributed by atoms with van der Waals surface area (Å²) in [6.07, 6.45) is 2.77. The van der Waals surface area contributed by atoms with Gasteiger partial charge in [0.15, 0.2) is 0 Å². The van der Waals surface area contributed by atoms with Gasteiger partial charge in [-0.1, -0.05) is 6.92 Å². The summed E-state index contributed by atoms with van der Waals surface area (Å²) in [4.78, 5) is 0. The zero-order valence-corrected chi connectivity index (χ0v) is 7.29. The molecule has 2 saturated carbocycles. The Hall–Kier alpha value is -0.0151. The molecule has 2 aliphatic carbocycles. The Morgan fingerprint density at radius 1 is 1.42 bits per heavy atom. The molecule has 0 aromatic rings. The second-order valence-corrected chi connectivity index (χ2v) is 4.97. The minimum Gasteiger partial charge on any atom is -0.387 e. The van der Waals surface area contributed by atoms with Crippen LogP contribution in [0.2, 0.25) is 0 Å². The van der Waals surface area contributed by atoms with Crippen LogP contribution in [0.5, 0.6) is 0 Å². The van der Waals surface area contributed by atoms with Crippen molar-refractivity contribution in [2.24, 2.45) is 11.3 Å². The van der Waals surface area contributed by atoms with Crippen molar-refractivity contribution >= 4 is 7.85 Å². The van der Waals surface area contributed by atoms with Crippen LogP contribution in [-0.2, 0) is 4.74 Å². The average Bonchev–Trinajstić information content (AvgIpc) is 2.35. The highest BCUT2D eigenvalue weighted by Crippen LogP contribution is 2.69. The third-order valence-electron chi connectivity index (χ3n) is 4.01. The van der Waals surface area contributed by atoms with Gasteiger partial charge in [0.05, 0.1) is 11.7 Å². The lowest BCUT2D eigenvalue weighted by Crippen LogP contribution is -2.38. The van der Waals surface area contributed by atoms with Gasteiger partial charge in [0, 0.05) is 6.00 Å². The van der Waals surface area contributed by atoms with E-state index in [4.69, 9.17) is 12.6 Å². The molecule has 2 nitrogen and oxygen atoms in total. The van der Waals surface area contributed by atoms with Crippen LogP contribution in [0.1, 0.15) is 26.2 Å². The fourth-order valence-corrected chi connectivity index (χ4v) is 3.29. The number of hydrogen-bond acceptors (Lipinski definition) is 2. The third-order valence-corrected chi connectivity index (χ3v) is 4.01. The molecule has 0 aromatic heterocycles. The Morgan fingerprint density at radius 2 is 2.17 bits per heavy atom. The summed E-state index contributed by atoms with van der Waals surface area (Å²) in [5, 5.41) is 10.2. The van der Waals surface area contributed by atoms with E-state index in [0.717, 1.165) is 6.42 Å². The largest absolute Gasteiger partial charge is 0.387 e. The molecular weight excluding hydrogens is 151 g/mol. The molecule has 3 fully saturated rings. The first-order valence-electron chi connectivity index (χ1n) is 4.68. The lowest BCUT2D eigenvalue weighted by molar-refractivity contribution is -0.0518. The Kier molecular flexibility index (Phi) is 1.08. The van der Waals surface area contributed by atoms with Crippen molar-refractivity contribution < 1.29 is 9.84 Å². The summed E-state index contributed by atoms with van der Waals surface area (Å²) >= 11 is 0. The van der Waals surface area contributed by atoms with Crippen LogP contribution in [0.4, 0.5) is 0 Å². The first-order chi connectivity index (χ1) is 5.55. The fraction of sp³-hybridized carbons (Fsp3) is 1.00. The molecule has 0 amide bonds. The van der Waals surface area contributed by atoms with E-state index in [1.54, 1.807) is 0 Å². The molecule has 2 radical (unpaired) electrons. The van der Waals surface area contributed by atoms with E-state index in [2.05, 4.69) is 6.92 Å². The van der Waals surface area contributed by atoms with Gasteiger partial charge in [0.2, 0.25) is 0 Å². The third kappa shape index (κ3) is 0.659. The molecule has 64 valence electrons. The topological polar surface area (TPSA) is 29.5 Å². The SMILES string of the molecule is [B]C1CC2(O)CC3CC3(C)C2O1. The number of rotatable bonds is 0. The van der Waals surface area contributed by atoms with Gasteiger partial charge in [-0.15, -0.1) is 0 Å². The molecule has 3 rings (SSSR count). The van der Waals surface area contributed by atoms with E-state index >= 15 is 0 Å². The smallest absolute Gasteiger partial charge is 0.109 e. The Bertz CT molecular complexity index is 245. The van der Waals surface area contributed by atoms with Gasteiger partial charge in [-0.2, -0.15) is 0 Å². The predicted molar refractivity (Wildman–Crippen MR) is 44.8 cm³/mol. The van der Waals surface area contributed by atoms with Gasteiger partial charge in [0.1, 0.15) is 7.85 Å². The Morgan fingerprint density at radius 3 is 2.83 bits per heavy atom. The van der Waals surface area contributed by atoms with E-state index in [1.807, 2.05) is 0 Å². The van der Waals surface area contributed by atoms with Crippen molar-refractivity contribution in [1.82, 2.24) is 0 Å². The highest BCUT2D eigenvalue weighted by atomic mass is 16.5. The standard InChI is InChI=1S/C9H13BO2/c1-8-2-5(8)3-9(11)4-6(10)12-7(8)9/h5-7,11H,2-4H2,1H3. The van der Waals surface area contributed by atoms with E-state index < -0.39 is 5.60 Å². The molecular formula is C9H13BO2. The van der Waals surface area contributed by atoms with Crippen molar-refractivity contribution in [2.75, 3.05) is 0 Å². The Labute approximate surface area is 73.7 Å². The highest BCUT2D eigenvalue weighted by Gasteiger charge is 2.71. The number of aliphatic hydroxyl groups is 1. The van der Waals surface area contributed by atoms with E-state index in [9.17, 15) is 5.11 Å². The van der Waals surface area contributed by atoms with Crippen molar-refractivity contribution in [2.45, 2.75) is 43.9 Å². The van der Waals surface area contributed by atoms with Crippen LogP contribution in [-0.4, -0.2) is 30.7 Å². The number of hydrogen-bond donors (Lipinski definition) is 1. The fourth-order valence-electron chi connectivity index (χ4n) is 3.29. The molecule has 1 N–H and O–H groups in total. The van der Waals surface area contributed by atoms with Gasteiger partial charge in [-0.05, 0) is 30.6 Å². The molecule has 12 heavy (non-hydrogen) atoms. The summed E-state index contributed by atoms with van der Waals surface area (Å²) < 4.78 is 5.57. The predicted octanol–water partition coefficient (Wildman–Crippen LogP) is 0.431. The van der Waals surface area contributed by atoms with Gasteiger partial charge >= 0.3 is 0 Å². The first-order valence-corrected chi connectivity index (χ1v) is 4.68. The van der Waals surface area contributed by atoms with E-state index in [-0.39, 0.29) is 17.5 Å².